The van der Waals surface area contributed by atoms with Crippen molar-refractivity contribution < 1.29 is 23.4 Å². The van der Waals surface area contributed by atoms with Gasteiger partial charge in [-0.05, 0) is 24.3 Å². The third-order valence-electron chi connectivity index (χ3n) is 5.53. The minimum atomic E-state index is -0.628. The molecule has 0 radical (unpaired) electrons. The van der Waals surface area contributed by atoms with Crippen LogP contribution in [0.3, 0.4) is 0 Å². The van der Waals surface area contributed by atoms with E-state index in [1.54, 1.807) is 38.5 Å². The molecule has 0 aliphatic carbocycles. The molecule has 0 spiro atoms. The molecule has 0 saturated heterocycles. The first-order valence-electron chi connectivity index (χ1n) is 10.5. The number of benzene rings is 2. The summed E-state index contributed by atoms with van der Waals surface area (Å²) in [5.74, 6) is -0.00632. The van der Waals surface area contributed by atoms with Gasteiger partial charge in [-0.2, -0.15) is 0 Å². The highest BCUT2D eigenvalue weighted by atomic mass is 16.5. The molecule has 2 heterocycles. The highest BCUT2D eigenvalue weighted by molar-refractivity contribution is 5.97. The smallest absolute Gasteiger partial charge is 0.344 e. The molecule has 0 aliphatic rings. The van der Waals surface area contributed by atoms with Crippen molar-refractivity contribution in [3.8, 4) is 16.9 Å². The fourth-order valence-corrected chi connectivity index (χ4v) is 3.83. The number of phenols is 1. The Hall–Kier alpha value is -3.46. The third-order valence-corrected chi connectivity index (χ3v) is 5.53. The molecule has 0 bridgehead atoms. The largest absolute Gasteiger partial charge is 0.507 e. The van der Waals surface area contributed by atoms with Crippen molar-refractivity contribution in [1.82, 2.24) is 4.90 Å². The van der Waals surface area contributed by atoms with Crippen LogP contribution in [0.15, 0.2) is 67.0 Å². The second-order valence-corrected chi connectivity index (χ2v) is 7.67. The van der Waals surface area contributed by atoms with Gasteiger partial charge in [-0.25, -0.2) is 9.59 Å². The Balaban J connectivity index is 1.87. The molecule has 0 aliphatic heterocycles. The number of ether oxygens (including phenoxy) is 2. The molecule has 4 rings (SSSR count). The van der Waals surface area contributed by atoms with E-state index in [-0.39, 0.29) is 16.9 Å². The first-order valence-corrected chi connectivity index (χ1v) is 10.5. The predicted molar refractivity (Wildman–Crippen MR) is 125 cm³/mol. The lowest BCUT2D eigenvalue weighted by Gasteiger charge is -2.22. The van der Waals surface area contributed by atoms with Crippen molar-refractivity contribution in [2.75, 3.05) is 40.5 Å². The number of methoxy groups -OCH3 is 2. The number of phenolic OH excluding ortho intramolecular Hbond substituents is 1. The van der Waals surface area contributed by atoms with E-state index in [1.165, 1.54) is 12.1 Å². The number of hydrogen-bond acceptors (Lipinski definition) is 8. The van der Waals surface area contributed by atoms with Crippen molar-refractivity contribution in [3.63, 3.8) is 0 Å². The number of fused-ring (bicyclic) bond motifs is 2. The van der Waals surface area contributed by atoms with Gasteiger partial charge in [0.25, 0.3) is 0 Å². The molecule has 0 atom stereocenters. The van der Waals surface area contributed by atoms with Crippen LogP contribution in [0.2, 0.25) is 0 Å². The van der Waals surface area contributed by atoms with E-state index in [4.69, 9.17) is 18.3 Å². The lowest BCUT2D eigenvalue weighted by atomic mass is 9.99. The molecule has 8 heteroatoms. The lowest BCUT2D eigenvalue weighted by molar-refractivity contribution is 0.110. The average molecular weight is 451 g/mol. The SMILES string of the molecule is COCCN(CCOC)Cc1c(O)ccc2c(-c3cc4ccccc4oc3=O)cc(=O)oc12. The van der Waals surface area contributed by atoms with Crippen molar-refractivity contribution in [1.29, 1.82) is 0 Å². The van der Waals surface area contributed by atoms with Crippen molar-refractivity contribution >= 4 is 21.9 Å². The van der Waals surface area contributed by atoms with Gasteiger partial charge in [0.05, 0.1) is 24.3 Å². The Kier molecular flexibility index (Phi) is 6.88. The van der Waals surface area contributed by atoms with Gasteiger partial charge in [-0.15, -0.1) is 0 Å². The summed E-state index contributed by atoms with van der Waals surface area (Å²) < 4.78 is 21.4. The number of para-hydroxylation sites is 1. The van der Waals surface area contributed by atoms with E-state index in [0.29, 0.717) is 54.9 Å². The maximum absolute atomic E-state index is 12.8. The topological polar surface area (TPSA) is 102 Å². The summed E-state index contributed by atoms with van der Waals surface area (Å²) in [6, 6.07) is 13.3. The van der Waals surface area contributed by atoms with E-state index in [9.17, 15) is 14.7 Å². The van der Waals surface area contributed by atoms with E-state index < -0.39 is 11.3 Å². The second kappa shape index (κ2) is 9.99. The molecule has 0 fully saturated rings. The minimum Gasteiger partial charge on any atom is -0.507 e. The van der Waals surface area contributed by atoms with Crippen LogP contribution in [0, 0.1) is 0 Å². The van der Waals surface area contributed by atoms with Gasteiger partial charge in [-0.3, -0.25) is 4.90 Å². The molecule has 172 valence electrons. The molecule has 4 aromatic rings. The quantitative estimate of drug-likeness (QED) is 0.387. The molecule has 33 heavy (non-hydrogen) atoms. The van der Waals surface area contributed by atoms with E-state index in [0.717, 1.165) is 5.39 Å². The zero-order chi connectivity index (χ0) is 23.4. The molecule has 8 nitrogen and oxygen atoms in total. The third kappa shape index (κ3) is 4.83. The fourth-order valence-electron chi connectivity index (χ4n) is 3.83. The Morgan fingerprint density at radius 1 is 0.909 bits per heavy atom. The molecule has 0 unspecified atom stereocenters. The van der Waals surface area contributed by atoms with Gasteiger partial charge < -0.3 is 23.4 Å². The van der Waals surface area contributed by atoms with Crippen LogP contribution in [0.1, 0.15) is 5.56 Å². The molecular weight excluding hydrogens is 426 g/mol. The van der Waals surface area contributed by atoms with Gasteiger partial charge in [-0.1, -0.05) is 18.2 Å². The highest BCUT2D eigenvalue weighted by Gasteiger charge is 2.19. The standard InChI is InChI=1S/C25H25NO7/c1-30-11-9-26(10-12-31-2)15-20-21(27)8-7-17-18(14-23(28)33-24(17)20)19-13-16-5-3-4-6-22(16)32-25(19)29/h3-8,13-14,27H,9-12,15H2,1-2H3. The number of hydrogen-bond donors (Lipinski definition) is 1. The lowest BCUT2D eigenvalue weighted by Crippen LogP contribution is -2.30. The normalized spacial score (nSPS) is 11.6. The van der Waals surface area contributed by atoms with Crippen molar-refractivity contribution in [2.45, 2.75) is 6.54 Å². The molecule has 2 aromatic carbocycles. The molecular formula is C25H25NO7. The monoisotopic (exact) mass is 451 g/mol. The molecule has 0 saturated carbocycles. The Morgan fingerprint density at radius 2 is 1.64 bits per heavy atom. The Labute approximate surface area is 189 Å². The zero-order valence-corrected chi connectivity index (χ0v) is 18.5. The highest BCUT2D eigenvalue weighted by Crippen LogP contribution is 2.33. The second-order valence-electron chi connectivity index (χ2n) is 7.67. The van der Waals surface area contributed by atoms with Gasteiger partial charge in [0.15, 0.2) is 0 Å². The van der Waals surface area contributed by atoms with E-state index >= 15 is 0 Å². The average Bonchev–Trinajstić information content (AvgIpc) is 2.81. The fraction of sp³-hybridized carbons (Fsp3) is 0.280. The van der Waals surface area contributed by atoms with Crippen LogP contribution in [-0.2, 0) is 16.0 Å². The van der Waals surface area contributed by atoms with Crippen molar-refractivity contribution in [3.05, 3.63) is 74.9 Å². The van der Waals surface area contributed by atoms with Gasteiger partial charge >= 0.3 is 11.3 Å². The predicted octanol–water partition coefficient (Wildman–Crippen LogP) is 3.37. The van der Waals surface area contributed by atoms with Gasteiger partial charge in [0, 0.05) is 56.3 Å². The first kappa shape index (κ1) is 22.7. The van der Waals surface area contributed by atoms with Gasteiger partial charge in [0.2, 0.25) is 0 Å². The van der Waals surface area contributed by atoms with Crippen LogP contribution >= 0.6 is 0 Å². The molecule has 2 aromatic heterocycles. The number of aromatic hydroxyl groups is 1. The summed E-state index contributed by atoms with van der Waals surface area (Å²) >= 11 is 0. The Bertz CT molecular complexity index is 1380. The number of nitrogens with zero attached hydrogens (tertiary/aromatic N) is 1. The molecule has 0 amide bonds. The summed E-state index contributed by atoms with van der Waals surface area (Å²) in [5, 5.41) is 11.9. The van der Waals surface area contributed by atoms with Crippen LogP contribution in [0.25, 0.3) is 33.1 Å². The molecule has 1 N–H and O–H groups in total. The van der Waals surface area contributed by atoms with Crippen LogP contribution in [0.5, 0.6) is 5.75 Å². The number of rotatable bonds is 9. The maximum Gasteiger partial charge on any atom is 0.344 e. The van der Waals surface area contributed by atoms with Crippen LogP contribution in [-0.4, -0.2) is 50.5 Å². The van der Waals surface area contributed by atoms with E-state index in [2.05, 4.69) is 0 Å². The van der Waals surface area contributed by atoms with E-state index in [1.807, 2.05) is 17.0 Å². The van der Waals surface area contributed by atoms with Crippen molar-refractivity contribution in [2.24, 2.45) is 0 Å². The summed E-state index contributed by atoms with van der Waals surface area (Å²) in [6.07, 6.45) is 0. The summed E-state index contributed by atoms with van der Waals surface area (Å²) in [7, 11) is 3.23. The zero-order valence-electron chi connectivity index (χ0n) is 18.5. The summed E-state index contributed by atoms with van der Waals surface area (Å²) in [6.45, 7) is 2.46. The summed E-state index contributed by atoms with van der Waals surface area (Å²) in [5.41, 5.74) is 0.591. The minimum absolute atomic E-state index is 0.00632. The first-order chi connectivity index (χ1) is 16.0. The Morgan fingerprint density at radius 3 is 2.36 bits per heavy atom. The van der Waals surface area contributed by atoms with Gasteiger partial charge in [0.1, 0.15) is 16.9 Å². The van der Waals surface area contributed by atoms with Crippen LogP contribution in [0.4, 0.5) is 0 Å². The summed E-state index contributed by atoms with van der Waals surface area (Å²) in [4.78, 5) is 27.3. The maximum atomic E-state index is 12.8. The van der Waals surface area contributed by atoms with Crippen LogP contribution < -0.4 is 11.3 Å².